The first kappa shape index (κ1) is 30.4. The molecule has 3 aromatic carbocycles. The van der Waals surface area contributed by atoms with E-state index in [1.807, 2.05) is 24.3 Å². The van der Waals surface area contributed by atoms with E-state index < -0.39 is 17.3 Å². The Bertz CT molecular complexity index is 1550. The normalized spacial score (nSPS) is 14.7. The van der Waals surface area contributed by atoms with Crippen LogP contribution in [0.4, 0.5) is 5.69 Å². The highest BCUT2D eigenvalue weighted by Crippen LogP contribution is 2.37. The molecule has 42 heavy (non-hydrogen) atoms. The van der Waals surface area contributed by atoms with Crippen molar-refractivity contribution in [2.75, 3.05) is 11.9 Å². The molecule has 0 fully saturated rings. The Morgan fingerprint density at radius 3 is 2.07 bits per heavy atom. The van der Waals surface area contributed by atoms with Gasteiger partial charge in [0.15, 0.2) is 11.6 Å². The maximum absolute atomic E-state index is 13.7. The highest BCUT2D eigenvalue weighted by atomic mass is 16.4. The van der Waals surface area contributed by atoms with E-state index in [1.54, 1.807) is 56.3 Å². The molecule has 0 aromatic heterocycles. The van der Waals surface area contributed by atoms with E-state index in [2.05, 4.69) is 31.4 Å². The van der Waals surface area contributed by atoms with Gasteiger partial charge in [-0.2, -0.15) is 0 Å². The molecule has 3 N–H and O–H groups in total. The summed E-state index contributed by atoms with van der Waals surface area (Å²) in [6, 6.07) is 19.6. The number of amides is 2. The summed E-state index contributed by atoms with van der Waals surface area (Å²) in [4.78, 5) is 62.3. The third-order valence-corrected chi connectivity index (χ3v) is 7.69. The molecule has 8 heteroatoms. The number of hydrogen-bond acceptors (Lipinski definition) is 5. The fourth-order valence-corrected chi connectivity index (χ4v) is 5.00. The van der Waals surface area contributed by atoms with Crippen LogP contribution in [0, 0.1) is 5.41 Å². The summed E-state index contributed by atoms with van der Waals surface area (Å²) >= 11 is 0. The number of carboxylic acids is 1. The highest BCUT2D eigenvalue weighted by Gasteiger charge is 2.45. The number of nitrogens with one attached hydrogen (secondary N) is 2. The fourth-order valence-electron chi connectivity index (χ4n) is 5.00. The summed E-state index contributed by atoms with van der Waals surface area (Å²) in [6.45, 7) is 9.60. The number of fused-ring (bicyclic) bond motifs is 1. The summed E-state index contributed by atoms with van der Waals surface area (Å²) in [7, 11) is 0. The van der Waals surface area contributed by atoms with E-state index in [-0.39, 0.29) is 41.8 Å². The largest absolute Gasteiger partial charge is 0.481 e. The molecule has 2 amide bonds. The van der Waals surface area contributed by atoms with E-state index >= 15 is 0 Å². The van der Waals surface area contributed by atoms with Crippen molar-refractivity contribution in [3.8, 4) is 0 Å². The topological polar surface area (TPSA) is 130 Å². The second-order valence-corrected chi connectivity index (χ2v) is 12.3. The lowest BCUT2D eigenvalue weighted by Gasteiger charge is -2.22. The van der Waals surface area contributed by atoms with Crippen LogP contribution in [0.5, 0.6) is 0 Å². The second-order valence-electron chi connectivity index (χ2n) is 12.3. The molecule has 0 aliphatic heterocycles. The third-order valence-electron chi connectivity index (χ3n) is 7.69. The van der Waals surface area contributed by atoms with Gasteiger partial charge in [-0.25, -0.2) is 0 Å². The van der Waals surface area contributed by atoms with Gasteiger partial charge in [-0.15, -0.1) is 0 Å². The smallest absolute Gasteiger partial charge is 0.305 e. The number of Topliss-reactive ketones (excluding diaryl/α,β-unsaturated/α-hetero) is 2. The van der Waals surface area contributed by atoms with Crippen molar-refractivity contribution in [2.24, 2.45) is 5.41 Å². The van der Waals surface area contributed by atoms with Gasteiger partial charge in [0, 0.05) is 28.9 Å². The number of hydrogen-bond donors (Lipinski definition) is 3. The van der Waals surface area contributed by atoms with E-state index in [0.29, 0.717) is 28.8 Å². The molecule has 0 bridgehead atoms. The van der Waals surface area contributed by atoms with Crippen LogP contribution in [0.1, 0.15) is 94.7 Å². The lowest BCUT2D eigenvalue weighted by Crippen LogP contribution is -2.26. The number of carbonyl (C=O) groups excluding carboxylic acids is 4. The summed E-state index contributed by atoms with van der Waals surface area (Å²) < 4.78 is 0. The molecule has 0 heterocycles. The van der Waals surface area contributed by atoms with Crippen LogP contribution < -0.4 is 10.6 Å². The Hall–Kier alpha value is -4.59. The quantitative estimate of drug-likeness (QED) is 0.290. The molecular weight excluding hydrogens is 532 g/mol. The average Bonchev–Trinajstić information content (AvgIpc) is 3.10. The molecule has 1 atom stereocenters. The Morgan fingerprint density at radius 1 is 0.857 bits per heavy atom. The average molecular weight is 569 g/mol. The van der Waals surface area contributed by atoms with Gasteiger partial charge in [0.1, 0.15) is 0 Å². The molecule has 4 rings (SSSR count). The van der Waals surface area contributed by atoms with Crippen molar-refractivity contribution in [1.82, 2.24) is 5.32 Å². The van der Waals surface area contributed by atoms with Crippen LogP contribution in [-0.2, 0) is 21.4 Å². The predicted octanol–water partition coefficient (Wildman–Crippen LogP) is 5.56. The maximum atomic E-state index is 13.7. The molecule has 3 aromatic rings. The molecule has 1 unspecified atom stereocenters. The van der Waals surface area contributed by atoms with Crippen molar-refractivity contribution in [2.45, 2.75) is 58.8 Å². The monoisotopic (exact) mass is 568 g/mol. The third kappa shape index (κ3) is 6.48. The molecule has 0 saturated heterocycles. The number of aliphatic carboxylic acids is 1. The number of benzene rings is 3. The van der Waals surface area contributed by atoms with Crippen molar-refractivity contribution in [3.63, 3.8) is 0 Å². The van der Waals surface area contributed by atoms with Crippen LogP contribution in [0.3, 0.4) is 0 Å². The SMILES string of the molecule is CC1(C)C(=O)c2ccc(NC(=O)C(Cc3ccc(C(=O)NCCC(=O)O)cc3)c3ccc(C(C)(C)C)cc3)cc2C1=O. The fraction of sp³-hybridized carbons (Fsp3) is 0.324. The number of rotatable bonds is 9. The van der Waals surface area contributed by atoms with Gasteiger partial charge in [-0.05, 0) is 72.7 Å². The van der Waals surface area contributed by atoms with Crippen molar-refractivity contribution < 1.29 is 29.1 Å². The highest BCUT2D eigenvalue weighted by molar-refractivity contribution is 6.29. The van der Waals surface area contributed by atoms with E-state index in [9.17, 15) is 24.0 Å². The molecule has 0 radical (unpaired) electrons. The minimum atomic E-state index is -1.12. The van der Waals surface area contributed by atoms with Gasteiger partial charge >= 0.3 is 5.97 Å². The van der Waals surface area contributed by atoms with E-state index in [0.717, 1.165) is 16.7 Å². The zero-order valence-electron chi connectivity index (χ0n) is 24.5. The zero-order valence-corrected chi connectivity index (χ0v) is 24.5. The number of carboxylic acid groups (broad SMARTS) is 1. The van der Waals surface area contributed by atoms with Gasteiger partial charge in [0.2, 0.25) is 5.91 Å². The first-order valence-electron chi connectivity index (χ1n) is 13.9. The Balaban J connectivity index is 1.58. The molecule has 0 spiro atoms. The van der Waals surface area contributed by atoms with Gasteiger partial charge in [-0.3, -0.25) is 24.0 Å². The van der Waals surface area contributed by atoms with E-state index in [4.69, 9.17) is 5.11 Å². The van der Waals surface area contributed by atoms with Crippen molar-refractivity contribution >= 4 is 35.0 Å². The Labute approximate surface area is 245 Å². The maximum Gasteiger partial charge on any atom is 0.305 e. The molecular formula is C34H36N2O6. The predicted molar refractivity (Wildman–Crippen MR) is 160 cm³/mol. The number of carbonyl (C=O) groups is 5. The molecule has 1 aliphatic carbocycles. The molecule has 8 nitrogen and oxygen atoms in total. The van der Waals surface area contributed by atoms with Gasteiger partial charge in [-0.1, -0.05) is 57.2 Å². The summed E-state index contributed by atoms with van der Waals surface area (Å²) in [5.41, 5.74) is 3.09. The van der Waals surface area contributed by atoms with E-state index in [1.165, 1.54) is 0 Å². The number of anilines is 1. The first-order valence-corrected chi connectivity index (χ1v) is 13.9. The Kier molecular flexibility index (Phi) is 8.48. The summed E-state index contributed by atoms with van der Waals surface area (Å²) in [5, 5.41) is 14.3. The molecule has 1 aliphatic rings. The summed E-state index contributed by atoms with van der Waals surface area (Å²) in [6.07, 6.45) is 0.179. The lowest BCUT2D eigenvalue weighted by molar-refractivity contribution is -0.136. The molecule has 218 valence electrons. The van der Waals surface area contributed by atoms with Crippen LogP contribution in [0.2, 0.25) is 0 Å². The van der Waals surface area contributed by atoms with Crippen LogP contribution >= 0.6 is 0 Å². The number of ketones is 2. The first-order chi connectivity index (χ1) is 19.7. The van der Waals surface area contributed by atoms with Crippen LogP contribution in [0.15, 0.2) is 66.7 Å². The Morgan fingerprint density at radius 2 is 1.48 bits per heavy atom. The zero-order chi connectivity index (χ0) is 30.8. The lowest BCUT2D eigenvalue weighted by atomic mass is 9.84. The van der Waals surface area contributed by atoms with Gasteiger partial charge in [0.05, 0.1) is 17.8 Å². The van der Waals surface area contributed by atoms with Gasteiger partial charge < -0.3 is 15.7 Å². The minimum absolute atomic E-state index is 0.0304. The minimum Gasteiger partial charge on any atom is -0.481 e. The summed E-state index contributed by atoms with van der Waals surface area (Å²) in [5.74, 6) is -2.71. The van der Waals surface area contributed by atoms with Gasteiger partial charge in [0.25, 0.3) is 5.91 Å². The standard InChI is InChI=1S/C34H36N2O6/c1-33(2,3)23-12-10-21(11-13-23)26(18-20-6-8-22(9-7-20)31(41)35-17-16-28(37)38)32(42)36-24-14-15-25-27(19-24)30(40)34(4,5)29(25)39/h6-15,19,26H,16-18H2,1-5H3,(H,35,41)(H,36,42)(H,37,38). The van der Waals surface area contributed by atoms with Crippen LogP contribution in [0.25, 0.3) is 0 Å². The van der Waals surface area contributed by atoms with Crippen molar-refractivity contribution in [1.29, 1.82) is 0 Å². The second kappa shape index (κ2) is 11.7. The molecule has 0 saturated carbocycles. The van der Waals surface area contributed by atoms with Crippen molar-refractivity contribution in [3.05, 3.63) is 100 Å². The van der Waals surface area contributed by atoms with Crippen LogP contribution in [-0.4, -0.2) is 41.0 Å².